The number of esters is 5. The summed E-state index contributed by atoms with van der Waals surface area (Å²) in [4.78, 5) is 61.9. The molecule has 39 heavy (non-hydrogen) atoms. The van der Waals surface area contributed by atoms with Crippen LogP contribution in [0.5, 0.6) is 0 Å². The molecule has 1 heterocycles. The van der Waals surface area contributed by atoms with Crippen LogP contribution in [-0.4, -0.2) is 66.5 Å². The fraction of sp³-hybridized carbons (Fsp3) is 0.370. The molecule has 0 spiro atoms. The SMILES string of the molecule is COC(=O)[C@H]1O[C@](O)(c2ccccc2C(=O)OCc2ccccc2)[C@H](OC(C)=O)[C@@H](OC(C)=O)[C@@H]1OC(C)=O. The number of hydrogen-bond acceptors (Lipinski definition) is 12. The Bertz CT molecular complexity index is 1230. The second-order valence-corrected chi connectivity index (χ2v) is 8.54. The van der Waals surface area contributed by atoms with Crippen molar-refractivity contribution in [3.63, 3.8) is 0 Å². The summed E-state index contributed by atoms with van der Waals surface area (Å²) in [6, 6.07) is 14.3. The van der Waals surface area contributed by atoms with Gasteiger partial charge in [-0.05, 0) is 11.6 Å². The molecule has 5 atom stereocenters. The van der Waals surface area contributed by atoms with Crippen molar-refractivity contribution in [2.24, 2.45) is 0 Å². The van der Waals surface area contributed by atoms with Crippen LogP contribution in [0, 0.1) is 0 Å². The third-order valence-corrected chi connectivity index (χ3v) is 5.69. The van der Waals surface area contributed by atoms with Gasteiger partial charge in [0.05, 0.1) is 12.7 Å². The van der Waals surface area contributed by atoms with E-state index < -0.39 is 60.0 Å². The predicted octanol–water partition coefficient (Wildman–Crippen LogP) is 1.56. The second kappa shape index (κ2) is 12.5. The first kappa shape index (κ1) is 29.3. The molecule has 1 saturated heterocycles. The minimum absolute atomic E-state index is 0.101. The van der Waals surface area contributed by atoms with E-state index in [2.05, 4.69) is 0 Å². The summed E-state index contributed by atoms with van der Waals surface area (Å²) in [5.74, 6) is -7.54. The highest BCUT2D eigenvalue weighted by Gasteiger charge is 2.63. The first-order valence-corrected chi connectivity index (χ1v) is 11.8. The summed E-state index contributed by atoms with van der Waals surface area (Å²) in [6.07, 6.45) is -7.23. The third-order valence-electron chi connectivity index (χ3n) is 5.69. The van der Waals surface area contributed by atoms with Gasteiger partial charge in [-0.15, -0.1) is 0 Å². The molecule has 1 N–H and O–H groups in total. The van der Waals surface area contributed by atoms with Crippen LogP contribution in [0.1, 0.15) is 42.3 Å². The van der Waals surface area contributed by atoms with Crippen molar-refractivity contribution in [2.75, 3.05) is 7.11 Å². The van der Waals surface area contributed by atoms with Gasteiger partial charge in [0.2, 0.25) is 11.9 Å². The molecule has 12 nitrogen and oxygen atoms in total. The minimum Gasteiger partial charge on any atom is -0.467 e. The van der Waals surface area contributed by atoms with Crippen LogP contribution < -0.4 is 0 Å². The zero-order valence-electron chi connectivity index (χ0n) is 21.7. The highest BCUT2D eigenvalue weighted by Crippen LogP contribution is 2.42. The molecule has 0 bridgehead atoms. The van der Waals surface area contributed by atoms with Gasteiger partial charge in [0.1, 0.15) is 6.61 Å². The fourth-order valence-electron chi connectivity index (χ4n) is 4.15. The van der Waals surface area contributed by atoms with E-state index in [0.29, 0.717) is 5.56 Å². The highest BCUT2D eigenvalue weighted by molar-refractivity contribution is 5.91. The maximum atomic E-state index is 13.2. The Labute approximate surface area is 223 Å². The molecule has 0 radical (unpaired) electrons. The number of carbonyl (C=O) groups is 5. The van der Waals surface area contributed by atoms with Crippen LogP contribution in [0.4, 0.5) is 0 Å². The van der Waals surface area contributed by atoms with Gasteiger partial charge in [-0.25, -0.2) is 9.59 Å². The van der Waals surface area contributed by atoms with Gasteiger partial charge >= 0.3 is 29.8 Å². The van der Waals surface area contributed by atoms with E-state index in [9.17, 15) is 29.1 Å². The molecule has 208 valence electrons. The molecule has 1 aliphatic rings. The number of aliphatic hydroxyl groups is 1. The first-order valence-electron chi connectivity index (χ1n) is 11.8. The number of ether oxygens (including phenoxy) is 6. The fourth-order valence-corrected chi connectivity index (χ4v) is 4.15. The monoisotopic (exact) mass is 544 g/mol. The van der Waals surface area contributed by atoms with Crippen molar-refractivity contribution in [3.05, 3.63) is 71.3 Å². The predicted molar refractivity (Wildman–Crippen MR) is 129 cm³/mol. The summed E-state index contributed by atoms with van der Waals surface area (Å²) >= 11 is 0. The summed E-state index contributed by atoms with van der Waals surface area (Å²) < 4.78 is 31.7. The Kier molecular flexibility index (Phi) is 9.38. The maximum absolute atomic E-state index is 13.2. The van der Waals surface area contributed by atoms with Gasteiger partial charge < -0.3 is 33.5 Å². The Hall–Kier alpha value is -4.29. The molecule has 2 aromatic carbocycles. The average molecular weight is 545 g/mol. The quantitative estimate of drug-likeness (QED) is 0.378. The molecular weight excluding hydrogens is 516 g/mol. The van der Waals surface area contributed by atoms with Crippen LogP contribution in [0.2, 0.25) is 0 Å². The zero-order valence-corrected chi connectivity index (χ0v) is 21.7. The lowest BCUT2D eigenvalue weighted by atomic mass is 9.85. The molecule has 0 unspecified atom stereocenters. The van der Waals surface area contributed by atoms with Crippen molar-refractivity contribution in [1.29, 1.82) is 0 Å². The number of methoxy groups -OCH3 is 1. The molecular formula is C27H28O12. The minimum atomic E-state index is -2.79. The topological polar surface area (TPSA) is 161 Å². The molecule has 0 aromatic heterocycles. The number of rotatable bonds is 8. The summed E-state index contributed by atoms with van der Waals surface area (Å²) in [5.41, 5.74) is 0.213. The van der Waals surface area contributed by atoms with E-state index in [1.165, 1.54) is 24.3 Å². The van der Waals surface area contributed by atoms with Crippen LogP contribution >= 0.6 is 0 Å². The third kappa shape index (κ3) is 6.78. The van der Waals surface area contributed by atoms with E-state index in [-0.39, 0.29) is 17.7 Å². The lowest BCUT2D eigenvalue weighted by molar-refractivity contribution is -0.352. The Balaban J connectivity index is 2.14. The summed E-state index contributed by atoms with van der Waals surface area (Å²) in [7, 11) is 1.02. The number of carbonyl (C=O) groups excluding carboxylic acids is 5. The van der Waals surface area contributed by atoms with Gasteiger partial charge in [-0.1, -0.05) is 48.5 Å². The molecule has 1 fully saturated rings. The summed E-state index contributed by atoms with van der Waals surface area (Å²) in [6.45, 7) is 2.96. The van der Waals surface area contributed by atoms with Crippen molar-refractivity contribution in [3.8, 4) is 0 Å². The normalized spacial score (nSPS) is 24.1. The molecule has 0 amide bonds. The van der Waals surface area contributed by atoms with Crippen LogP contribution in [0.25, 0.3) is 0 Å². The molecule has 12 heteroatoms. The van der Waals surface area contributed by atoms with Crippen LogP contribution in [0.3, 0.4) is 0 Å². The van der Waals surface area contributed by atoms with Gasteiger partial charge in [-0.3, -0.25) is 14.4 Å². The van der Waals surface area contributed by atoms with Crippen molar-refractivity contribution < 1.29 is 57.5 Å². The largest absolute Gasteiger partial charge is 0.467 e. The van der Waals surface area contributed by atoms with E-state index >= 15 is 0 Å². The van der Waals surface area contributed by atoms with Gasteiger partial charge in [0.25, 0.3) is 0 Å². The number of benzene rings is 2. The van der Waals surface area contributed by atoms with Gasteiger partial charge in [-0.2, -0.15) is 0 Å². The van der Waals surface area contributed by atoms with Crippen LogP contribution in [0.15, 0.2) is 54.6 Å². The highest BCUT2D eigenvalue weighted by atomic mass is 16.7. The molecule has 2 aromatic rings. The smallest absolute Gasteiger partial charge is 0.339 e. The van der Waals surface area contributed by atoms with Crippen molar-refractivity contribution >= 4 is 29.8 Å². The maximum Gasteiger partial charge on any atom is 0.339 e. The lowest BCUT2D eigenvalue weighted by Gasteiger charge is -2.48. The van der Waals surface area contributed by atoms with E-state index in [1.54, 1.807) is 30.3 Å². The Morgan fingerprint density at radius 3 is 1.97 bits per heavy atom. The van der Waals surface area contributed by atoms with Gasteiger partial charge in [0.15, 0.2) is 18.3 Å². The van der Waals surface area contributed by atoms with Gasteiger partial charge in [0, 0.05) is 26.3 Å². The molecule has 0 saturated carbocycles. The van der Waals surface area contributed by atoms with Crippen molar-refractivity contribution in [1.82, 2.24) is 0 Å². The second-order valence-electron chi connectivity index (χ2n) is 8.54. The first-order chi connectivity index (χ1) is 18.5. The van der Waals surface area contributed by atoms with E-state index in [0.717, 1.165) is 27.9 Å². The lowest BCUT2D eigenvalue weighted by Crippen LogP contribution is -2.67. The standard InChI is InChI=1S/C27H28O12/c1-15(28)36-21-22(37-16(2)29)24(38-17(3)30)27(33,39-23(21)26(32)34-4)20-13-9-8-12-19(20)25(31)35-14-18-10-6-5-7-11-18/h5-13,21-24,33H,14H2,1-4H3/t21-,22-,23-,24+,27+/m0/s1. The number of hydrogen-bond donors (Lipinski definition) is 1. The average Bonchev–Trinajstić information content (AvgIpc) is 2.90. The van der Waals surface area contributed by atoms with Crippen LogP contribution in [-0.2, 0) is 60.0 Å². The van der Waals surface area contributed by atoms with E-state index in [1.807, 2.05) is 0 Å². The summed E-state index contributed by atoms with van der Waals surface area (Å²) in [5, 5.41) is 12.0. The van der Waals surface area contributed by atoms with Crippen molar-refractivity contribution in [2.45, 2.75) is 57.6 Å². The zero-order chi connectivity index (χ0) is 28.7. The molecule has 3 rings (SSSR count). The molecule has 0 aliphatic carbocycles. The Morgan fingerprint density at radius 1 is 0.821 bits per heavy atom. The molecule has 1 aliphatic heterocycles. The van der Waals surface area contributed by atoms with E-state index in [4.69, 9.17) is 28.4 Å². The Morgan fingerprint density at radius 2 is 1.38 bits per heavy atom.